The summed E-state index contributed by atoms with van der Waals surface area (Å²) in [5, 5.41) is 0.646. The summed E-state index contributed by atoms with van der Waals surface area (Å²) in [6.07, 6.45) is 0. The first-order chi connectivity index (χ1) is 7.00. The van der Waals surface area contributed by atoms with Gasteiger partial charge in [-0.05, 0) is 16.9 Å². The van der Waals surface area contributed by atoms with Gasteiger partial charge in [0, 0.05) is 15.8 Å². The van der Waals surface area contributed by atoms with E-state index in [0.29, 0.717) is 10.2 Å². The lowest BCUT2D eigenvalue weighted by Crippen LogP contribution is -2.09. The lowest BCUT2D eigenvalue weighted by atomic mass is 10.1. The fraction of sp³-hybridized carbons (Fsp3) is 0.364. The Morgan fingerprint density at radius 1 is 1.53 bits per heavy atom. The van der Waals surface area contributed by atoms with Gasteiger partial charge >= 0.3 is 0 Å². The van der Waals surface area contributed by atoms with Crippen molar-refractivity contribution in [1.82, 2.24) is 0 Å². The lowest BCUT2D eigenvalue weighted by Gasteiger charge is -2.08. The molecule has 0 aliphatic heterocycles. The molecule has 0 fully saturated rings. The second kappa shape index (κ2) is 5.87. The maximum atomic E-state index is 5.56. The van der Waals surface area contributed by atoms with Crippen molar-refractivity contribution < 1.29 is 0 Å². The van der Waals surface area contributed by atoms with Crippen LogP contribution in [0.4, 0.5) is 0 Å². The van der Waals surface area contributed by atoms with Gasteiger partial charge in [0.1, 0.15) is 4.99 Å². The third kappa shape index (κ3) is 4.13. The largest absolute Gasteiger partial charge is 0.389 e. The van der Waals surface area contributed by atoms with Crippen LogP contribution >= 0.6 is 39.9 Å². The minimum absolute atomic E-state index is 0.443. The van der Waals surface area contributed by atoms with Gasteiger partial charge in [0.15, 0.2) is 0 Å². The molecule has 0 saturated heterocycles. The van der Waals surface area contributed by atoms with Crippen LogP contribution in [0.5, 0.6) is 0 Å². The highest BCUT2D eigenvalue weighted by Crippen LogP contribution is 2.25. The Morgan fingerprint density at radius 3 is 2.67 bits per heavy atom. The molecule has 0 atom stereocenters. The van der Waals surface area contributed by atoms with Crippen molar-refractivity contribution in [3.05, 3.63) is 33.8 Å². The number of hydrogen-bond donors (Lipinski definition) is 1. The van der Waals surface area contributed by atoms with Crippen molar-refractivity contribution in [2.24, 2.45) is 5.73 Å². The van der Waals surface area contributed by atoms with Gasteiger partial charge < -0.3 is 5.73 Å². The highest BCUT2D eigenvalue weighted by molar-refractivity contribution is 9.10. The highest BCUT2D eigenvalue weighted by Gasteiger charge is 2.04. The van der Waals surface area contributed by atoms with E-state index in [9.17, 15) is 0 Å². The quantitative estimate of drug-likeness (QED) is 0.859. The summed E-state index contributed by atoms with van der Waals surface area (Å²) in [5.74, 6) is 1.01. The second-order valence-corrected chi connectivity index (χ2v) is 6.39. The number of nitrogens with two attached hydrogens (primary N) is 1. The number of rotatable bonds is 4. The molecular weight excluding hydrogens is 290 g/mol. The van der Waals surface area contributed by atoms with Crippen LogP contribution in [0.1, 0.15) is 25.0 Å². The van der Waals surface area contributed by atoms with Crippen LogP contribution in [0.3, 0.4) is 0 Å². The molecule has 0 radical (unpaired) electrons. The van der Waals surface area contributed by atoms with Crippen LogP contribution < -0.4 is 5.73 Å². The van der Waals surface area contributed by atoms with Crippen LogP contribution in [0.15, 0.2) is 22.7 Å². The number of thiocarbonyl (C=S) groups is 1. The monoisotopic (exact) mass is 303 g/mol. The van der Waals surface area contributed by atoms with Gasteiger partial charge in [-0.3, -0.25) is 0 Å². The normalized spacial score (nSPS) is 10.7. The first kappa shape index (κ1) is 13.0. The topological polar surface area (TPSA) is 26.0 Å². The Balaban J connectivity index is 2.79. The summed E-state index contributed by atoms with van der Waals surface area (Å²) in [7, 11) is 0. The molecule has 0 aromatic heterocycles. The smallest absolute Gasteiger partial charge is 0.104 e. The molecule has 0 aliphatic carbocycles. The molecule has 1 aromatic rings. The zero-order valence-corrected chi connectivity index (χ0v) is 12.0. The standard InChI is InChI=1S/C11H14BrNS2/c1-7(2)15-6-9-4-3-8(11(13)14)5-10(9)12/h3-5,7H,6H2,1-2H3,(H2,13,14). The van der Waals surface area contributed by atoms with E-state index in [1.54, 1.807) is 0 Å². The fourth-order valence-electron chi connectivity index (χ4n) is 1.07. The van der Waals surface area contributed by atoms with Gasteiger partial charge in [-0.2, -0.15) is 11.8 Å². The average Bonchev–Trinajstić information content (AvgIpc) is 2.15. The molecule has 0 amide bonds. The number of halogens is 1. The second-order valence-electron chi connectivity index (χ2n) is 3.53. The Morgan fingerprint density at radius 2 is 2.20 bits per heavy atom. The van der Waals surface area contributed by atoms with Gasteiger partial charge in [-0.1, -0.05) is 54.1 Å². The third-order valence-electron chi connectivity index (χ3n) is 1.91. The van der Waals surface area contributed by atoms with Gasteiger partial charge in [0.05, 0.1) is 0 Å². The van der Waals surface area contributed by atoms with E-state index in [4.69, 9.17) is 18.0 Å². The first-order valence-electron chi connectivity index (χ1n) is 4.70. The van der Waals surface area contributed by atoms with Crippen molar-refractivity contribution in [1.29, 1.82) is 0 Å². The molecule has 0 unspecified atom stereocenters. The van der Waals surface area contributed by atoms with Crippen LogP contribution in [-0.4, -0.2) is 10.2 Å². The van der Waals surface area contributed by atoms with Gasteiger partial charge in [-0.25, -0.2) is 0 Å². The lowest BCUT2D eigenvalue weighted by molar-refractivity contribution is 1.11. The molecular formula is C11H14BrNS2. The summed E-state index contributed by atoms with van der Waals surface area (Å²) in [6, 6.07) is 6.04. The molecule has 0 aliphatic rings. The minimum Gasteiger partial charge on any atom is -0.389 e. The van der Waals surface area contributed by atoms with Crippen molar-refractivity contribution in [2.75, 3.05) is 0 Å². The van der Waals surface area contributed by atoms with Crippen LogP contribution in [0.25, 0.3) is 0 Å². The van der Waals surface area contributed by atoms with Crippen LogP contribution in [-0.2, 0) is 5.75 Å². The van der Waals surface area contributed by atoms with Crippen molar-refractivity contribution in [3.8, 4) is 0 Å². The van der Waals surface area contributed by atoms with Gasteiger partial charge in [-0.15, -0.1) is 0 Å². The average molecular weight is 304 g/mol. The van der Waals surface area contributed by atoms with Gasteiger partial charge in [0.2, 0.25) is 0 Å². The summed E-state index contributed by atoms with van der Waals surface area (Å²) in [4.78, 5) is 0.443. The van der Waals surface area contributed by atoms with E-state index >= 15 is 0 Å². The van der Waals surface area contributed by atoms with Crippen LogP contribution in [0, 0.1) is 0 Å². The van der Waals surface area contributed by atoms with E-state index in [-0.39, 0.29) is 0 Å². The fourth-order valence-corrected chi connectivity index (χ4v) is 2.67. The highest BCUT2D eigenvalue weighted by atomic mass is 79.9. The summed E-state index contributed by atoms with van der Waals surface area (Å²) < 4.78 is 1.08. The molecule has 2 N–H and O–H groups in total. The van der Waals surface area contributed by atoms with E-state index in [0.717, 1.165) is 15.8 Å². The Bertz CT molecular complexity index is 364. The van der Waals surface area contributed by atoms with E-state index in [2.05, 4.69) is 35.8 Å². The molecule has 0 bridgehead atoms. The number of benzene rings is 1. The van der Waals surface area contributed by atoms with Crippen molar-refractivity contribution in [2.45, 2.75) is 24.9 Å². The molecule has 4 heteroatoms. The Hall–Kier alpha value is -0.0600. The van der Waals surface area contributed by atoms with Crippen molar-refractivity contribution >= 4 is 44.9 Å². The molecule has 1 rings (SSSR count). The van der Waals surface area contributed by atoms with E-state index < -0.39 is 0 Å². The van der Waals surface area contributed by atoms with Crippen molar-refractivity contribution in [3.63, 3.8) is 0 Å². The Kier molecular flexibility index (Phi) is 5.09. The van der Waals surface area contributed by atoms with Crippen LogP contribution in [0.2, 0.25) is 0 Å². The predicted octanol–water partition coefficient (Wildman–Crippen LogP) is 3.72. The molecule has 0 saturated carbocycles. The summed E-state index contributed by atoms with van der Waals surface area (Å²) in [6.45, 7) is 4.39. The molecule has 1 nitrogen and oxygen atoms in total. The summed E-state index contributed by atoms with van der Waals surface area (Å²) >= 11 is 10.4. The third-order valence-corrected chi connectivity index (χ3v) is 4.03. The van der Waals surface area contributed by atoms with Gasteiger partial charge in [0.25, 0.3) is 0 Å². The zero-order chi connectivity index (χ0) is 11.4. The van der Waals surface area contributed by atoms with E-state index in [1.165, 1.54) is 5.56 Å². The molecule has 82 valence electrons. The zero-order valence-electron chi connectivity index (χ0n) is 8.79. The molecule has 0 heterocycles. The molecule has 0 spiro atoms. The SMILES string of the molecule is CC(C)SCc1ccc(C(N)=S)cc1Br. The molecule has 1 aromatic carbocycles. The maximum absolute atomic E-state index is 5.56. The number of hydrogen-bond acceptors (Lipinski definition) is 2. The first-order valence-corrected chi connectivity index (χ1v) is 6.95. The predicted molar refractivity (Wildman–Crippen MR) is 76.5 cm³/mol. The number of thioether (sulfide) groups is 1. The maximum Gasteiger partial charge on any atom is 0.104 e. The van der Waals surface area contributed by atoms with E-state index in [1.807, 2.05) is 23.9 Å². The summed E-state index contributed by atoms with van der Waals surface area (Å²) in [5.41, 5.74) is 7.76. The Labute approximate surface area is 109 Å². The molecule has 15 heavy (non-hydrogen) atoms. The minimum atomic E-state index is 0.443.